The highest BCUT2D eigenvalue weighted by atomic mass is 32.1. The number of amides is 3. The Morgan fingerprint density at radius 1 is 1.30 bits per heavy atom. The number of carbonyl (C=O) groups excluding carboxylic acids is 3. The average molecular weight is 480 g/mol. The largest absolute Gasteiger partial charge is 0.472 e. The Morgan fingerprint density at radius 2 is 2.06 bits per heavy atom. The molecule has 33 heavy (non-hydrogen) atoms. The summed E-state index contributed by atoms with van der Waals surface area (Å²) in [6, 6.07) is 0.287. The van der Waals surface area contributed by atoms with Gasteiger partial charge in [0.05, 0.1) is 24.5 Å². The molecule has 2 aromatic heterocycles. The fraction of sp³-hybridized carbons (Fsp3) is 0.591. The minimum absolute atomic E-state index is 0.320. The van der Waals surface area contributed by atoms with Crippen LogP contribution in [0, 0.1) is 11.3 Å². The van der Waals surface area contributed by atoms with Crippen LogP contribution in [0.25, 0.3) is 0 Å². The molecule has 0 saturated heterocycles. The molecule has 0 unspecified atom stereocenters. The van der Waals surface area contributed by atoms with Gasteiger partial charge in [-0.25, -0.2) is 5.06 Å². The van der Waals surface area contributed by atoms with Crippen molar-refractivity contribution in [1.82, 2.24) is 20.6 Å². The molecule has 11 heteroatoms. The van der Waals surface area contributed by atoms with Crippen molar-refractivity contribution >= 4 is 34.7 Å². The van der Waals surface area contributed by atoms with Gasteiger partial charge in [-0.05, 0) is 42.7 Å². The monoisotopic (exact) mass is 479 g/mol. The van der Waals surface area contributed by atoms with Crippen molar-refractivity contribution in [2.75, 3.05) is 5.32 Å². The van der Waals surface area contributed by atoms with E-state index in [9.17, 15) is 19.6 Å². The Morgan fingerprint density at radius 3 is 2.61 bits per heavy atom. The van der Waals surface area contributed by atoms with Crippen LogP contribution in [0.15, 0.2) is 28.5 Å². The quantitative estimate of drug-likeness (QED) is 0.228. The molecule has 3 amide bonds. The standard InChI is InChI=1S/C22H33N5O5S/c1-5-7-17(27(31)14-28)16(9-6-8-15-10-11-32-12-15)19(29)24-18(22(2,3)4)20(30)25-21-26-23-13-33-21/h10-14,16-18,31H,5-9H2,1-4H3,(H,24,29)(H,25,26,30)/t16-,17+,18-/m1/s1. The molecule has 0 aliphatic heterocycles. The first-order chi connectivity index (χ1) is 15.7. The van der Waals surface area contributed by atoms with Crippen LogP contribution in [0.1, 0.15) is 58.9 Å². The number of nitrogens with one attached hydrogen (secondary N) is 2. The number of anilines is 1. The van der Waals surface area contributed by atoms with Gasteiger partial charge in [0.25, 0.3) is 0 Å². The highest BCUT2D eigenvalue weighted by Crippen LogP contribution is 2.25. The second kappa shape index (κ2) is 12.4. The summed E-state index contributed by atoms with van der Waals surface area (Å²) in [5, 5.41) is 24.2. The number of rotatable bonds is 13. The summed E-state index contributed by atoms with van der Waals surface area (Å²) in [4.78, 5) is 37.7. The molecule has 182 valence electrons. The molecule has 3 atom stereocenters. The Hall–Kier alpha value is -2.79. The van der Waals surface area contributed by atoms with Crippen LogP contribution in [0.5, 0.6) is 0 Å². The molecular formula is C22H33N5O5S. The maximum absolute atomic E-state index is 13.4. The molecule has 0 saturated carbocycles. The number of hydrogen-bond donors (Lipinski definition) is 3. The molecule has 2 heterocycles. The molecule has 2 aromatic rings. The number of aromatic nitrogens is 2. The van der Waals surface area contributed by atoms with Crippen LogP contribution in [0.4, 0.5) is 5.13 Å². The van der Waals surface area contributed by atoms with E-state index in [2.05, 4.69) is 20.8 Å². The Balaban J connectivity index is 2.20. The zero-order valence-corrected chi connectivity index (χ0v) is 20.3. The van der Waals surface area contributed by atoms with Gasteiger partial charge >= 0.3 is 0 Å². The van der Waals surface area contributed by atoms with Crippen molar-refractivity contribution < 1.29 is 24.0 Å². The molecule has 3 N–H and O–H groups in total. The summed E-state index contributed by atoms with van der Waals surface area (Å²) < 4.78 is 5.09. The molecule has 0 spiro atoms. The van der Waals surface area contributed by atoms with E-state index in [4.69, 9.17) is 4.42 Å². The fourth-order valence-corrected chi connectivity index (χ4v) is 4.13. The van der Waals surface area contributed by atoms with Crippen LogP contribution in [0.3, 0.4) is 0 Å². The second-order valence-electron chi connectivity index (χ2n) is 9.01. The summed E-state index contributed by atoms with van der Waals surface area (Å²) in [7, 11) is 0. The average Bonchev–Trinajstić information content (AvgIpc) is 3.46. The van der Waals surface area contributed by atoms with E-state index in [1.165, 1.54) is 16.8 Å². The summed E-state index contributed by atoms with van der Waals surface area (Å²) in [5.74, 6) is -1.51. The predicted octanol–water partition coefficient (Wildman–Crippen LogP) is 3.26. The van der Waals surface area contributed by atoms with Crippen molar-refractivity contribution in [1.29, 1.82) is 0 Å². The number of aryl methyl sites for hydroxylation is 1. The van der Waals surface area contributed by atoms with Gasteiger partial charge in [-0.1, -0.05) is 45.5 Å². The molecule has 0 aliphatic rings. The van der Waals surface area contributed by atoms with Crippen LogP contribution in [-0.4, -0.2) is 50.8 Å². The van der Waals surface area contributed by atoms with Crippen LogP contribution in [0.2, 0.25) is 0 Å². The molecule has 0 aromatic carbocycles. The van der Waals surface area contributed by atoms with E-state index >= 15 is 0 Å². The van der Waals surface area contributed by atoms with Crippen molar-refractivity contribution in [3.8, 4) is 0 Å². The van der Waals surface area contributed by atoms with Crippen LogP contribution >= 0.6 is 11.3 Å². The minimum Gasteiger partial charge on any atom is -0.472 e. The first-order valence-corrected chi connectivity index (χ1v) is 11.9. The van der Waals surface area contributed by atoms with E-state index in [1.807, 2.05) is 33.8 Å². The van der Waals surface area contributed by atoms with E-state index < -0.39 is 35.2 Å². The molecule has 0 radical (unpaired) electrons. The van der Waals surface area contributed by atoms with Crippen molar-refractivity contribution in [2.45, 2.75) is 71.9 Å². The number of furan rings is 1. The number of nitrogens with zero attached hydrogens (tertiary/aromatic N) is 3. The van der Waals surface area contributed by atoms with E-state index in [0.29, 0.717) is 48.7 Å². The topological polar surface area (TPSA) is 138 Å². The van der Waals surface area contributed by atoms with Crippen LogP contribution in [-0.2, 0) is 20.8 Å². The first-order valence-electron chi connectivity index (χ1n) is 11.0. The van der Waals surface area contributed by atoms with Crippen LogP contribution < -0.4 is 10.6 Å². The maximum Gasteiger partial charge on any atom is 0.249 e. The maximum atomic E-state index is 13.4. The summed E-state index contributed by atoms with van der Waals surface area (Å²) in [5.41, 5.74) is 1.90. The molecule has 0 aliphatic carbocycles. The van der Waals surface area contributed by atoms with Gasteiger partial charge < -0.3 is 9.73 Å². The third-order valence-electron chi connectivity index (χ3n) is 5.40. The van der Waals surface area contributed by atoms with Gasteiger partial charge in [-0.3, -0.25) is 24.9 Å². The summed E-state index contributed by atoms with van der Waals surface area (Å²) >= 11 is 1.18. The third-order valence-corrected chi connectivity index (χ3v) is 6.01. The number of carbonyl (C=O) groups is 3. The molecular weight excluding hydrogens is 446 g/mol. The SMILES string of the molecule is CCC[C@@H]([C@@H](CCCc1ccoc1)C(=O)N[C@H](C(=O)Nc1nncs1)C(C)(C)C)N(O)C=O. The molecule has 2 rings (SSSR count). The minimum atomic E-state index is -0.865. The zero-order chi connectivity index (χ0) is 24.4. The van der Waals surface area contributed by atoms with Gasteiger partial charge in [0.15, 0.2) is 0 Å². The second-order valence-corrected chi connectivity index (χ2v) is 9.85. The lowest BCUT2D eigenvalue weighted by Crippen LogP contribution is -2.55. The zero-order valence-electron chi connectivity index (χ0n) is 19.5. The molecule has 10 nitrogen and oxygen atoms in total. The van der Waals surface area contributed by atoms with E-state index in [-0.39, 0.29) is 0 Å². The van der Waals surface area contributed by atoms with Crippen molar-refractivity contribution in [2.24, 2.45) is 11.3 Å². The normalized spacial score (nSPS) is 14.2. The van der Waals surface area contributed by atoms with Gasteiger partial charge in [0, 0.05) is 0 Å². The highest BCUT2D eigenvalue weighted by molar-refractivity contribution is 7.13. The lowest BCUT2D eigenvalue weighted by molar-refractivity contribution is -0.169. The Kier molecular flexibility index (Phi) is 9.98. The van der Waals surface area contributed by atoms with E-state index in [1.54, 1.807) is 12.5 Å². The van der Waals surface area contributed by atoms with Gasteiger partial charge in [0.2, 0.25) is 23.4 Å². The Labute approximate surface area is 197 Å². The van der Waals surface area contributed by atoms with Crippen molar-refractivity contribution in [3.05, 3.63) is 29.7 Å². The lowest BCUT2D eigenvalue weighted by atomic mass is 9.84. The highest BCUT2D eigenvalue weighted by Gasteiger charge is 2.38. The van der Waals surface area contributed by atoms with Gasteiger partial charge in [0.1, 0.15) is 11.6 Å². The third kappa shape index (κ3) is 7.93. The fourth-order valence-electron chi connectivity index (χ4n) is 3.68. The number of hydroxylamine groups is 2. The Bertz CT molecular complexity index is 866. The summed E-state index contributed by atoms with van der Waals surface area (Å²) in [6.07, 6.45) is 6.41. The van der Waals surface area contributed by atoms with Gasteiger partial charge in [-0.15, -0.1) is 10.2 Å². The lowest BCUT2D eigenvalue weighted by Gasteiger charge is -2.34. The summed E-state index contributed by atoms with van der Waals surface area (Å²) in [6.45, 7) is 7.45. The van der Waals surface area contributed by atoms with Gasteiger partial charge in [-0.2, -0.15) is 0 Å². The first kappa shape index (κ1) is 26.5. The molecule has 0 fully saturated rings. The van der Waals surface area contributed by atoms with E-state index in [0.717, 1.165) is 5.56 Å². The van der Waals surface area contributed by atoms with Crippen molar-refractivity contribution in [3.63, 3.8) is 0 Å². The predicted molar refractivity (Wildman–Crippen MR) is 123 cm³/mol. The smallest absolute Gasteiger partial charge is 0.249 e. The number of hydrogen-bond acceptors (Lipinski definition) is 8. The molecule has 0 bridgehead atoms.